The molecule has 4 atom stereocenters. The number of aromatic hydroxyl groups is 8. The zero-order valence-electron chi connectivity index (χ0n) is 39.3. The van der Waals surface area contributed by atoms with Crippen LogP contribution in [0.2, 0.25) is 0 Å². The molecule has 4 fully saturated rings. The molecule has 0 unspecified atom stereocenters. The number of carboxylic acid groups (broad SMARTS) is 4. The highest BCUT2D eigenvalue weighted by molar-refractivity contribution is 5.79. The second kappa shape index (κ2) is 25.1. The highest BCUT2D eigenvalue weighted by Crippen LogP contribution is 2.54. The van der Waals surface area contributed by atoms with Crippen molar-refractivity contribution in [2.45, 2.75) is 107 Å². The molecule has 4 aliphatic rings. The van der Waals surface area contributed by atoms with Crippen LogP contribution in [0.15, 0.2) is 72.8 Å². The minimum Gasteiger partial charge on any atom is -0.504 e. The minimum atomic E-state index is -1.32. The summed E-state index contributed by atoms with van der Waals surface area (Å²) in [5.41, 5.74) is 21.2. The second-order valence-corrected chi connectivity index (χ2v) is 18.8. The van der Waals surface area contributed by atoms with E-state index in [1.165, 1.54) is 125 Å². The molecule has 4 aromatic rings. The van der Waals surface area contributed by atoms with Gasteiger partial charge in [-0.1, -0.05) is 24.3 Å². The number of hydrazine groups is 2. The van der Waals surface area contributed by atoms with Crippen LogP contribution in [0, 0.1) is 17.8 Å². The first-order chi connectivity index (χ1) is 33.0. The van der Waals surface area contributed by atoms with Gasteiger partial charge in [0, 0.05) is 18.4 Å². The number of phenolic OH excluding ortho intramolecular Hbond substituents is 8. The third kappa shape index (κ3) is 17.4. The molecule has 23 heteroatoms. The summed E-state index contributed by atoms with van der Waals surface area (Å²) in [5.74, 6) is 6.92. The minimum absolute atomic E-state index is 0.0900. The van der Waals surface area contributed by atoms with Gasteiger partial charge in [0.2, 0.25) is 0 Å². The van der Waals surface area contributed by atoms with Crippen molar-refractivity contribution in [3.63, 3.8) is 0 Å². The number of benzene rings is 4. The van der Waals surface area contributed by atoms with Crippen LogP contribution in [0.25, 0.3) is 0 Å². The van der Waals surface area contributed by atoms with Crippen LogP contribution in [0.5, 0.6) is 46.0 Å². The largest absolute Gasteiger partial charge is 0.504 e. The molecule has 0 aliphatic heterocycles. The van der Waals surface area contributed by atoms with Gasteiger partial charge in [0.1, 0.15) is 23.2 Å². The average molecular weight is 998 g/mol. The number of hydrogen-bond donors (Lipinski definition) is 19. The summed E-state index contributed by atoms with van der Waals surface area (Å²) in [4.78, 5) is 42.7. The van der Waals surface area contributed by atoms with Crippen molar-refractivity contribution in [1.82, 2.24) is 10.9 Å². The summed E-state index contributed by atoms with van der Waals surface area (Å²) >= 11 is 0. The zero-order valence-corrected chi connectivity index (χ0v) is 39.3. The van der Waals surface area contributed by atoms with Crippen LogP contribution in [-0.4, -0.2) is 114 Å². The van der Waals surface area contributed by atoms with Crippen molar-refractivity contribution in [3.05, 3.63) is 95.1 Å². The van der Waals surface area contributed by atoms with Gasteiger partial charge >= 0.3 is 23.9 Å². The Morgan fingerprint density at radius 1 is 0.507 bits per heavy atom. The summed E-state index contributed by atoms with van der Waals surface area (Å²) in [6.07, 6.45) is 8.98. The molecule has 390 valence electrons. The van der Waals surface area contributed by atoms with Crippen LogP contribution in [0.1, 0.15) is 74.6 Å². The lowest BCUT2D eigenvalue weighted by Gasteiger charge is -2.55. The number of rotatable bonds is 14. The Kier molecular flexibility index (Phi) is 20.6. The fraction of sp³-hybridized carbons (Fsp3) is 0.417. The van der Waals surface area contributed by atoms with Crippen molar-refractivity contribution in [1.29, 1.82) is 0 Å². The Morgan fingerprint density at radius 3 is 0.972 bits per heavy atom. The third-order valence-electron chi connectivity index (χ3n) is 12.5. The van der Waals surface area contributed by atoms with E-state index in [4.69, 9.17) is 80.0 Å². The molecular formula is C48H67N7O16. The Hall–Kier alpha value is -7.12. The maximum absolute atomic E-state index is 11.0. The van der Waals surface area contributed by atoms with E-state index < -0.39 is 47.0 Å². The molecule has 0 spiro atoms. The summed E-state index contributed by atoms with van der Waals surface area (Å²) in [6.45, 7) is 2.86. The van der Waals surface area contributed by atoms with E-state index in [1.807, 2.05) is 0 Å². The van der Waals surface area contributed by atoms with E-state index in [2.05, 4.69) is 10.9 Å². The predicted molar refractivity (Wildman–Crippen MR) is 257 cm³/mol. The van der Waals surface area contributed by atoms with Crippen molar-refractivity contribution in [2.24, 2.45) is 46.6 Å². The van der Waals surface area contributed by atoms with E-state index in [0.29, 0.717) is 27.8 Å². The van der Waals surface area contributed by atoms with E-state index in [0.717, 1.165) is 17.8 Å². The number of aliphatic carboxylic acids is 4. The van der Waals surface area contributed by atoms with Gasteiger partial charge in [-0.15, -0.1) is 0 Å². The molecule has 4 bridgehead atoms. The SMILES string of the molecule is C[C@@](Cc1ccc(O)c(O)c1)(NN)C(=O)O.C[C@@](Cc1ccc(O)c(O)c1)(NN)C(=O)O.NC12CC3CC(CC(C3)C1)C2.N[C@@H](Cc1ccc(O)c(O)c1)C(=O)O.N[C@@H](Cc1ccc(O)c(O)c1)C(=O)O. The van der Waals surface area contributed by atoms with Crippen LogP contribution < -0.4 is 39.7 Å². The average Bonchev–Trinajstić information content (AvgIpc) is 3.28. The number of carboxylic acids is 4. The molecule has 0 saturated heterocycles. The fourth-order valence-electron chi connectivity index (χ4n) is 8.80. The Bertz CT molecular complexity index is 2290. The number of phenols is 8. The Labute approximate surface area is 408 Å². The van der Waals surface area contributed by atoms with Gasteiger partial charge in [-0.2, -0.15) is 0 Å². The zero-order chi connectivity index (χ0) is 53.6. The van der Waals surface area contributed by atoms with Crippen LogP contribution >= 0.6 is 0 Å². The Morgan fingerprint density at radius 2 is 0.761 bits per heavy atom. The molecule has 0 radical (unpaired) electrons. The van der Waals surface area contributed by atoms with Crippen LogP contribution in [0.3, 0.4) is 0 Å². The molecule has 4 aliphatic carbocycles. The smallest absolute Gasteiger partial charge is 0.325 e. The summed E-state index contributed by atoms with van der Waals surface area (Å²) in [6, 6.07) is 14.4. The van der Waals surface area contributed by atoms with Gasteiger partial charge in [-0.25, -0.2) is 10.9 Å². The maximum Gasteiger partial charge on any atom is 0.325 e. The normalized spacial score (nSPS) is 20.7. The van der Waals surface area contributed by atoms with E-state index >= 15 is 0 Å². The second-order valence-electron chi connectivity index (χ2n) is 18.8. The molecule has 71 heavy (non-hydrogen) atoms. The first-order valence-corrected chi connectivity index (χ1v) is 22.2. The molecule has 24 N–H and O–H groups in total. The number of hydrogen-bond acceptors (Lipinski definition) is 19. The van der Waals surface area contributed by atoms with Crippen LogP contribution in [-0.2, 0) is 44.9 Å². The van der Waals surface area contributed by atoms with Gasteiger partial charge < -0.3 is 78.5 Å². The van der Waals surface area contributed by atoms with Crippen LogP contribution in [0.4, 0.5) is 0 Å². The van der Waals surface area contributed by atoms with Crippen molar-refractivity contribution < 1.29 is 80.5 Å². The molecule has 0 heterocycles. The number of carbonyl (C=O) groups is 4. The van der Waals surface area contributed by atoms with Crippen molar-refractivity contribution in [2.75, 3.05) is 0 Å². The highest BCUT2D eigenvalue weighted by Gasteiger charge is 2.48. The van der Waals surface area contributed by atoms with E-state index in [1.54, 1.807) is 0 Å². The summed E-state index contributed by atoms with van der Waals surface area (Å²) in [5, 5.41) is 108. The first kappa shape index (κ1) is 58.2. The Balaban J connectivity index is 0.000000235. The van der Waals surface area contributed by atoms with Gasteiger partial charge in [0.25, 0.3) is 0 Å². The summed E-state index contributed by atoms with van der Waals surface area (Å²) < 4.78 is 0. The molecule has 4 saturated carbocycles. The monoisotopic (exact) mass is 997 g/mol. The van der Waals surface area contributed by atoms with Gasteiger partial charge in [-0.3, -0.25) is 30.9 Å². The highest BCUT2D eigenvalue weighted by atomic mass is 16.4. The van der Waals surface area contributed by atoms with Crippen molar-refractivity contribution >= 4 is 23.9 Å². The molecule has 0 amide bonds. The third-order valence-corrected chi connectivity index (χ3v) is 12.5. The standard InChI is InChI=1S/2C10H14N2O4.C10H17N.2C9H11NO4/c2*1-10(12-11,9(15)16)5-6-2-3-7(13)8(14)4-6;11-10-4-7-1-8(5-10)3-9(2-7)6-10;2*10-6(9(13)14)3-5-1-2-7(11)8(12)4-5/h2*2-4,12-14H,5,11H2,1H3,(H,15,16);7-9H,1-6,11H2;2*1-2,4,6,11-12H,3,10H2,(H,13,14)/t2*10-;;2*6-/m00.00/s1. The lowest BCUT2D eigenvalue weighted by molar-refractivity contribution is -0.145. The molecule has 23 nitrogen and oxygen atoms in total. The van der Waals surface area contributed by atoms with Gasteiger partial charge in [0.05, 0.1) is 0 Å². The molecule has 4 aromatic carbocycles. The molecule has 8 rings (SSSR count). The van der Waals surface area contributed by atoms with E-state index in [9.17, 15) is 29.4 Å². The molecule has 0 aromatic heterocycles. The van der Waals surface area contributed by atoms with Crippen molar-refractivity contribution in [3.8, 4) is 46.0 Å². The number of nitrogens with two attached hydrogens (primary N) is 5. The van der Waals surface area contributed by atoms with E-state index in [-0.39, 0.29) is 71.7 Å². The van der Waals surface area contributed by atoms with Gasteiger partial charge in [-0.05, 0) is 154 Å². The number of nitrogens with one attached hydrogen (secondary N) is 2. The lowest BCUT2D eigenvalue weighted by atomic mass is 9.53. The maximum atomic E-state index is 11.0. The quantitative estimate of drug-likeness (QED) is 0.0487. The molecular weight excluding hydrogens is 931 g/mol. The van der Waals surface area contributed by atoms with Gasteiger partial charge in [0.15, 0.2) is 46.0 Å². The lowest BCUT2D eigenvalue weighted by Crippen LogP contribution is -2.55. The predicted octanol–water partition coefficient (Wildman–Crippen LogP) is 1.91. The topological polar surface area (TPSA) is 465 Å². The fourth-order valence-corrected chi connectivity index (χ4v) is 8.80. The first-order valence-electron chi connectivity index (χ1n) is 22.2. The summed E-state index contributed by atoms with van der Waals surface area (Å²) in [7, 11) is 0.